The molecule has 0 unspecified atom stereocenters. The van der Waals surface area contributed by atoms with Gasteiger partial charge in [0.05, 0.1) is 6.20 Å². The summed E-state index contributed by atoms with van der Waals surface area (Å²) in [6, 6.07) is 7.11. The van der Waals surface area contributed by atoms with E-state index in [1.54, 1.807) is 12.1 Å². The van der Waals surface area contributed by atoms with Crippen LogP contribution in [-0.4, -0.2) is 10.8 Å². The minimum Gasteiger partial charge on any atom is -0.456 e. The third-order valence-corrected chi connectivity index (χ3v) is 3.25. The van der Waals surface area contributed by atoms with E-state index in [1.807, 2.05) is 26.0 Å². The largest absolute Gasteiger partial charge is 0.456 e. The predicted molar refractivity (Wildman–Crippen MR) is 76.3 cm³/mol. The van der Waals surface area contributed by atoms with Gasteiger partial charge in [-0.1, -0.05) is 11.6 Å². The Kier molecular flexibility index (Phi) is 3.71. The third kappa shape index (κ3) is 3.03. The first-order valence-corrected chi connectivity index (χ1v) is 6.10. The fourth-order valence-corrected chi connectivity index (χ4v) is 1.81. The molecule has 0 aliphatic carbocycles. The normalized spacial score (nSPS) is 10.3. The van der Waals surface area contributed by atoms with Crippen LogP contribution in [0.3, 0.4) is 0 Å². The van der Waals surface area contributed by atoms with Crippen molar-refractivity contribution in [3.8, 4) is 11.5 Å². The highest BCUT2D eigenvalue weighted by molar-refractivity contribution is 6.32. The number of ether oxygens (including phenoxy) is 1. The number of pyridine rings is 1. The molecule has 1 aromatic carbocycles. The fraction of sp³-hybridized carbons (Fsp3) is 0.143. The topological polar surface area (TPSA) is 72.0 Å². The van der Waals surface area contributed by atoms with E-state index in [1.165, 1.54) is 6.20 Å². The number of hydrogen-bond acceptors (Lipinski definition) is 3. The number of nitrogens with zero attached hydrogens (tertiary/aromatic N) is 1. The molecule has 4 nitrogen and oxygen atoms in total. The molecule has 19 heavy (non-hydrogen) atoms. The molecule has 0 fully saturated rings. The molecule has 3 N–H and O–H groups in total. The molecule has 0 spiro atoms. The maximum absolute atomic E-state index is 7.27. The van der Waals surface area contributed by atoms with Crippen LogP contribution < -0.4 is 10.5 Å². The van der Waals surface area contributed by atoms with Crippen molar-refractivity contribution in [3.05, 3.63) is 52.3 Å². The van der Waals surface area contributed by atoms with E-state index in [0.29, 0.717) is 17.2 Å². The lowest BCUT2D eigenvalue weighted by Gasteiger charge is -2.09. The summed E-state index contributed by atoms with van der Waals surface area (Å²) in [7, 11) is 0. The lowest BCUT2D eigenvalue weighted by atomic mass is 10.1. The second-order valence-corrected chi connectivity index (χ2v) is 4.64. The number of amidine groups is 1. The number of nitrogens with one attached hydrogen (secondary N) is 1. The smallest absolute Gasteiger partial charge is 0.145 e. The Balaban J connectivity index is 2.24. The molecule has 2 rings (SSSR count). The van der Waals surface area contributed by atoms with Crippen LogP contribution in [0.1, 0.15) is 16.8 Å². The molecule has 0 aliphatic heterocycles. The maximum Gasteiger partial charge on any atom is 0.145 e. The van der Waals surface area contributed by atoms with Crippen LogP contribution in [0.15, 0.2) is 30.5 Å². The van der Waals surface area contributed by atoms with E-state index < -0.39 is 0 Å². The molecule has 0 saturated carbocycles. The number of benzene rings is 1. The second kappa shape index (κ2) is 5.28. The zero-order chi connectivity index (χ0) is 14.0. The number of nitrogen functional groups attached to an aromatic ring is 1. The number of aromatic nitrogens is 1. The summed E-state index contributed by atoms with van der Waals surface area (Å²) in [5, 5.41) is 8.01. The van der Waals surface area contributed by atoms with Crippen molar-refractivity contribution in [1.82, 2.24) is 4.98 Å². The molecular formula is C14H14ClN3O. The molecule has 1 aromatic heterocycles. The van der Waals surface area contributed by atoms with Gasteiger partial charge in [0.15, 0.2) is 0 Å². The third-order valence-electron chi connectivity index (χ3n) is 2.66. The molecule has 0 atom stereocenters. The van der Waals surface area contributed by atoms with E-state index in [4.69, 9.17) is 27.5 Å². The maximum atomic E-state index is 7.27. The average molecular weight is 276 g/mol. The van der Waals surface area contributed by atoms with E-state index in [9.17, 15) is 0 Å². The number of rotatable bonds is 3. The molecule has 0 radical (unpaired) electrons. The highest BCUT2D eigenvalue weighted by Crippen LogP contribution is 2.28. The summed E-state index contributed by atoms with van der Waals surface area (Å²) in [4.78, 5) is 4.04. The average Bonchev–Trinajstić information content (AvgIpc) is 2.36. The van der Waals surface area contributed by atoms with Crippen LogP contribution >= 0.6 is 11.6 Å². The van der Waals surface area contributed by atoms with Crippen molar-refractivity contribution in [2.75, 3.05) is 0 Å². The van der Waals surface area contributed by atoms with E-state index >= 15 is 0 Å². The lowest BCUT2D eigenvalue weighted by molar-refractivity contribution is 0.479. The molecule has 5 heteroatoms. The zero-order valence-electron chi connectivity index (χ0n) is 10.7. The first-order valence-electron chi connectivity index (χ1n) is 5.72. The van der Waals surface area contributed by atoms with Crippen molar-refractivity contribution in [1.29, 1.82) is 5.41 Å². The minimum atomic E-state index is -0.0651. The quantitative estimate of drug-likeness (QED) is 0.666. The summed E-state index contributed by atoms with van der Waals surface area (Å²) in [5.41, 5.74) is 7.69. The van der Waals surface area contributed by atoms with Gasteiger partial charge in [0.25, 0.3) is 0 Å². The highest BCUT2D eigenvalue weighted by atomic mass is 35.5. The van der Waals surface area contributed by atoms with Gasteiger partial charge in [-0.15, -0.1) is 0 Å². The van der Waals surface area contributed by atoms with E-state index in [-0.39, 0.29) is 5.84 Å². The van der Waals surface area contributed by atoms with Gasteiger partial charge < -0.3 is 10.5 Å². The highest BCUT2D eigenvalue weighted by Gasteiger charge is 2.05. The summed E-state index contributed by atoms with van der Waals surface area (Å²) in [5.74, 6) is 1.23. The molecule has 0 amide bonds. The van der Waals surface area contributed by atoms with Gasteiger partial charge in [0, 0.05) is 5.02 Å². The van der Waals surface area contributed by atoms with Crippen molar-refractivity contribution in [3.63, 3.8) is 0 Å². The Labute approximate surface area is 116 Å². The van der Waals surface area contributed by atoms with Gasteiger partial charge in [-0.05, 0) is 49.2 Å². The first-order chi connectivity index (χ1) is 8.97. The van der Waals surface area contributed by atoms with Crippen LogP contribution in [0.5, 0.6) is 11.5 Å². The monoisotopic (exact) mass is 275 g/mol. The van der Waals surface area contributed by atoms with Crippen LogP contribution in [0, 0.1) is 19.3 Å². The summed E-state index contributed by atoms with van der Waals surface area (Å²) in [6.45, 7) is 3.86. The molecule has 0 aliphatic rings. The minimum absolute atomic E-state index is 0.0651. The Hall–Kier alpha value is -2.07. The van der Waals surface area contributed by atoms with Gasteiger partial charge in [0.2, 0.25) is 0 Å². The summed E-state index contributed by atoms with van der Waals surface area (Å²) < 4.78 is 5.70. The van der Waals surface area contributed by atoms with E-state index in [0.717, 1.165) is 16.1 Å². The molecule has 0 saturated heterocycles. The number of aryl methyl sites for hydroxylation is 2. The molecular weight excluding hydrogens is 262 g/mol. The Bertz CT molecular complexity index is 600. The Morgan fingerprint density at radius 2 is 1.84 bits per heavy atom. The van der Waals surface area contributed by atoms with Crippen LogP contribution in [-0.2, 0) is 0 Å². The molecule has 0 bridgehead atoms. The number of hydrogen-bond donors (Lipinski definition) is 2. The Morgan fingerprint density at radius 1 is 1.21 bits per heavy atom. The van der Waals surface area contributed by atoms with Gasteiger partial charge in [-0.3, -0.25) is 5.41 Å². The summed E-state index contributed by atoms with van der Waals surface area (Å²) >= 11 is 6.10. The van der Waals surface area contributed by atoms with Crippen molar-refractivity contribution >= 4 is 17.4 Å². The van der Waals surface area contributed by atoms with Crippen molar-refractivity contribution in [2.24, 2.45) is 5.73 Å². The standard InChI is InChI=1S/C14H14ClN3O/c1-8-5-11(6-9(2)13(8)15)19-10-3-4-12(14(16)17)18-7-10/h3-7H,1-2H3,(H3,16,17). The van der Waals surface area contributed by atoms with Crippen LogP contribution in [0.2, 0.25) is 5.02 Å². The lowest BCUT2D eigenvalue weighted by Crippen LogP contribution is -2.12. The molecule has 1 heterocycles. The molecule has 98 valence electrons. The van der Waals surface area contributed by atoms with Crippen LogP contribution in [0.25, 0.3) is 0 Å². The Morgan fingerprint density at radius 3 is 2.32 bits per heavy atom. The predicted octanol–water partition coefficient (Wildman–Crippen LogP) is 3.43. The molecule has 2 aromatic rings. The zero-order valence-corrected chi connectivity index (χ0v) is 11.5. The van der Waals surface area contributed by atoms with Crippen molar-refractivity contribution < 1.29 is 4.74 Å². The summed E-state index contributed by atoms with van der Waals surface area (Å²) in [6.07, 6.45) is 1.54. The van der Waals surface area contributed by atoms with Gasteiger partial charge in [0.1, 0.15) is 23.0 Å². The van der Waals surface area contributed by atoms with Gasteiger partial charge in [-0.2, -0.15) is 0 Å². The van der Waals surface area contributed by atoms with Crippen LogP contribution in [0.4, 0.5) is 0 Å². The second-order valence-electron chi connectivity index (χ2n) is 4.27. The first kappa shape index (κ1) is 13.4. The number of nitrogens with two attached hydrogens (primary N) is 1. The SMILES string of the molecule is Cc1cc(Oc2ccc(C(=N)N)nc2)cc(C)c1Cl. The van der Waals surface area contributed by atoms with Gasteiger partial charge >= 0.3 is 0 Å². The van der Waals surface area contributed by atoms with E-state index in [2.05, 4.69) is 4.98 Å². The fourth-order valence-electron chi connectivity index (χ4n) is 1.70. The van der Waals surface area contributed by atoms with Crippen molar-refractivity contribution in [2.45, 2.75) is 13.8 Å². The number of halogens is 1. The van der Waals surface area contributed by atoms with Gasteiger partial charge in [-0.25, -0.2) is 4.98 Å².